The van der Waals surface area contributed by atoms with E-state index in [9.17, 15) is 44.1 Å². The number of nitrogens with zero attached hydrogens (tertiary/aromatic N) is 8. The number of phosphoric acid groups is 1. The summed E-state index contributed by atoms with van der Waals surface area (Å²) in [6.45, 7) is 31.0. The van der Waals surface area contributed by atoms with E-state index in [2.05, 4.69) is 21.8 Å². The lowest BCUT2D eigenvalue weighted by Crippen LogP contribution is -2.56. The van der Waals surface area contributed by atoms with Crippen LogP contribution < -0.4 is 18.9 Å². The minimum Gasteiger partial charge on any atom is -0.485 e. The van der Waals surface area contributed by atoms with Crippen LogP contribution in [0.1, 0.15) is 164 Å². The van der Waals surface area contributed by atoms with Crippen LogP contribution in [0.5, 0.6) is 23.0 Å². The highest BCUT2D eigenvalue weighted by Crippen LogP contribution is 2.60. The number of amides is 4. The lowest BCUT2D eigenvalue weighted by molar-refractivity contribution is -0.145. The Morgan fingerprint density at radius 2 is 0.787 bits per heavy atom. The Morgan fingerprint density at radius 1 is 0.506 bits per heavy atom. The molecule has 4 fully saturated rings. The molecule has 0 aromatic heterocycles. The Labute approximate surface area is 518 Å². The molecule has 10 atom stereocenters. The van der Waals surface area contributed by atoms with Gasteiger partial charge in [-0.05, 0) is 142 Å². The van der Waals surface area contributed by atoms with Crippen molar-refractivity contribution in [3.05, 3.63) is 129 Å². The summed E-state index contributed by atoms with van der Waals surface area (Å²) in [5.41, 5.74) is -0.657. The maximum absolute atomic E-state index is 14.2. The standard InChI is InChI=1S/C32H35N4O8P.C32H35N4O7P/c1-31(2)29(27(35-14-6-8-25(35)37)21-16-19(18-33)10-12-23(21)41-31)43-45(39,40)44-30-28(36-15-7-9-26(36)38)22-17-20(34-5)11-13-24(22)42-32(30,3)4;1-31(2)29(27(35-14-6-8-25(35)37)21-16-19(18-33)10-12-23(21)40-31)42-44(39)43-30-28(36-15-7-9-26(36)38)22-17-20(34-5)11-13-24(22)41-32(30,3)4/h10-13,16-17,27-30H,6-9,14-15H2,1-4H3,(H,39,40);10-13,16-17,27-30,39H,6-9,14-15H2,1-4H3/t27-,28-,29+,30+;27-,28-,29+,30+,44?/m11/s1. The van der Waals surface area contributed by atoms with Crippen molar-refractivity contribution < 1.29 is 70.6 Å². The van der Waals surface area contributed by atoms with E-state index in [1.165, 1.54) is 0 Å². The molecular formula is C64H70N8O15P2. The number of likely N-dealkylation sites (tertiary alicyclic amines) is 4. The van der Waals surface area contributed by atoms with Crippen molar-refractivity contribution in [2.24, 2.45) is 0 Å². The fourth-order valence-electron chi connectivity index (χ4n) is 13.7. The summed E-state index contributed by atoms with van der Waals surface area (Å²) in [5, 5.41) is 19.2. The number of hydrogen-bond acceptors (Lipinski definition) is 16. The number of carbonyl (C=O) groups excluding carboxylic acids is 4. The van der Waals surface area contributed by atoms with Gasteiger partial charge < -0.3 is 57.4 Å². The summed E-state index contributed by atoms with van der Waals surface area (Å²) in [6.07, 6.45) is -0.0570. The highest BCUT2D eigenvalue weighted by Gasteiger charge is 2.58. The Balaban J connectivity index is 0.000000184. The third-order valence-corrected chi connectivity index (χ3v) is 19.7. The van der Waals surface area contributed by atoms with Crippen LogP contribution >= 0.6 is 16.4 Å². The predicted octanol–water partition coefficient (Wildman–Crippen LogP) is 10.8. The van der Waals surface area contributed by atoms with Gasteiger partial charge in [0.2, 0.25) is 23.6 Å². The van der Waals surface area contributed by atoms with Gasteiger partial charge in [-0.15, -0.1) is 0 Å². The molecule has 0 spiro atoms. The Kier molecular flexibility index (Phi) is 16.9. The molecule has 0 saturated carbocycles. The first-order valence-electron chi connectivity index (χ1n) is 29.7. The topological polar surface area (TPSA) is 269 Å². The molecule has 8 heterocycles. The zero-order valence-corrected chi connectivity index (χ0v) is 52.5. The number of carbonyl (C=O) groups is 4. The van der Waals surface area contributed by atoms with Crippen molar-refractivity contribution in [1.29, 1.82) is 10.5 Å². The largest absolute Gasteiger partial charge is 0.485 e. The van der Waals surface area contributed by atoms with Crippen LogP contribution in [-0.2, 0) is 41.8 Å². The minimum atomic E-state index is -5.01. The number of nitriles is 2. The SMILES string of the molecule is [C-]#[N+]c1ccc2c(c1)[C@@H](N1CCCC1=O)[C@H](OP(=O)(O)O[C@H]1[C@H](N3CCCC3=O)c3cc(C#N)ccc3OC1(C)C)C(C)(C)O2.[C-]#[N+]c1ccc2c(c1)[C@@H](N1CCCC1=O)[C@H](OP(O)O[C@H]1[C@H](N3CCCC3=O)c3cc(C#N)ccc3OC1(C)C)C(C)(C)O2. The van der Waals surface area contributed by atoms with E-state index in [4.69, 9.17) is 50.2 Å². The molecule has 0 bridgehead atoms. The van der Waals surface area contributed by atoms with Crippen molar-refractivity contribution in [2.75, 3.05) is 26.2 Å². The molecule has 8 aliphatic heterocycles. The molecule has 2 unspecified atom stereocenters. The zero-order valence-electron chi connectivity index (χ0n) is 50.7. The van der Waals surface area contributed by atoms with Crippen molar-refractivity contribution >= 4 is 51.4 Å². The third kappa shape index (κ3) is 12.0. The molecule has 4 saturated heterocycles. The fourth-order valence-corrected chi connectivity index (χ4v) is 16.3. The van der Waals surface area contributed by atoms with Gasteiger partial charge in [0.1, 0.15) is 69.8 Å². The summed E-state index contributed by atoms with van der Waals surface area (Å²) in [7, 11) is -7.62. The number of rotatable bonds is 12. The Hall–Kier alpha value is -7.66. The molecule has 23 nitrogen and oxygen atoms in total. The molecule has 4 aromatic rings. The first-order valence-corrected chi connectivity index (χ1v) is 32.4. The van der Waals surface area contributed by atoms with Crippen LogP contribution in [0.25, 0.3) is 9.69 Å². The van der Waals surface area contributed by atoms with Crippen molar-refractivity contribution in [3.8, 4) is 35.1 Å². The zero-order chi connectivity index (χ0) is 63.7. The number of benzene rings is 4. The second kappa shape index (κ2) is 23.9. The van der Waals surface area contributed by atoms with Crippen LogP contribution in [0.3, 0.4) is 0 Å². The molecule has 25 heteroatoms. The summed E-state index contributed by atoms with van der Waals surface area (Å²) in [5.74, 6) is 1.62. The summed E-state index contributed by atoms with van der Waals surface area (Å²) in [6, 6.07) is 21.3. The molecule has 8 aliphatic rings. The molecular weight excluding hydrogens is 1180 g/mol. The van der Waals surface area contributed by atoms with Crippen LogP contribution in [0.15, 0.2) is 72.8 Å². The fraction of sp³-hybridized carbons (Fsp3) is 0.500. The first kappa shape index (κ1) is 62.9. The van der Waals surface area contributed by atoms with E-state index in [0.717, 1.165) is 0 Å². The third-order valence-electron chi connectivity index (χ3n) is 17.9. The van der Waals surface area contributed by atoms with E-state index in [1.54, 1.807) is 120 Å². The maximum Gasteiger partial charge on any atom is 0.473 e. The van der Waals surface area contributed by atoms with Gasteiger partial charge in [-0.3, -0.25) is 28.2 Å². The van der Waals surface area contributed by atoms with Crippen LogP contribution in [0, 0.1) is 35.8 Å². The monoisotopic (exact) mass is 1250 g/mol. The van der Waals surface area contributed by atoms with Crippen molar-refractivity contribution in [3.63, 3.8) is 0 Å². The van der Waals surface area contributed by atoms with Crippen LogP contribution in [-0.4, -0.2) is 126 Å². The first-order chi connectivity index (χ1) is 42.2. The van der Waals surface area contributed by atoms with Crippen molar-refractivity contribution in [1.82, 2.24) is 19.6 Å². The van der Waals surface area contributed by atoms with E-state index in [-0.39, 0.29) is 23.6 Å². The lowest BCUT2D eigenvalue weighted by atomic mass is 9.85. The maximum atomic E-state index is 14.2. The Morgan fingerprint density at radius 3 is 1.07 bits per heavy atom. The van der Waals surface area contributed by atoms with Gasteiger partial charge in [0.15, 0.2) is 11.4 Å². The quantitative estimate of drug-likeness (QED) is 0.0986. The van der Waals surface area contributed by atoms with E-state index >= 15 is 0 Å². The van der Waals surface area contributed by atoms with Gasteiger partial charge in [0.05, 0.1) is 60.6 Å². The average Bonchev–Trinajstić information content (AvgIpc) is 1.58. The van der Waals surface area contributed by atoms with Gasteiger partial charge in [-0.2, -0.15) is 10.5 Å². The van der Waals surface area contributed by atoms with Gasteiger partial charge in [0, 0.05) is 74.1 Å². The lowest BCUT2D eigenvalue weighted by Gasteiger charge is -2.49. The van der Waals surface area contributed by atoms with E-state index in [0.29, 0.717) is 145 Å². The highest BCUT2D eigenvalue weighted by molar-refractivity contribution is 7.47. The smallest absolute Gasteiger partial charge is 0.473 e. The molecule has 4 amide bonds. The average molecular weight is 1250 g/mol. The predicted molar refractivity (Wildman–Crippen MR) is 320 cm³/mol. The summed E-state index contributed by atoms with van der Waals surface area (Å²) < 4.78 is 64.2. The molecule has 2 N–H and O–H groups in total. The van der Waals surface area contributed by atoms with E-state index < -0.39 is 87.4 Å². The molecule has 89 heavy (non-hydrogen) atoms. The summed E-state index contributed by atoms with van der Waals surface area (Å²) in [4.78, 5) is 89.2. The number of phosphoric ester groups is 1. The molecule has 0 radical (unpaired) electrons. The number of hydrogen-bond donors (Lipinski definition) is 2. The second-order valence-corrected chi connectivity index (χ2v) is 27.8. The van der Waals surface area contributed by atoms with Gasteiger partial charge in [-0.1, -0.05) is 12.1 Å². The van der Waals surface area contributed by atoms with Gasteiger partial charge in [0.25, 0.3) is 0 Å². The van der Waals surface area contributed by atoms with Crippen LogP contribution in [0.2, 0.25) is 0 Å². The van der Waals surface area contributed by atoms with E-state index in [1.807, 2.05) is 27.7 Å². The molecule has 12 rings (SSSR count). The summed E-state index contributed by atoms with van der Waals surface area (Å²) >= 11 is 0. The highest BCUT2D eigenvalue weighted by atomic mass is 31.2. The molecule has 0 aliphatic carbocycles. The van der Waals surface area contributed by atoms with Gasteiger partial charge in [-0.25, -0.2) is 14.3 Å². The van der Waals surface area contributed by atoms with Crippen LogP contribution in [0.4, 0.5) is 11.4 Å². The Bertz CT molecular complexity index is 3520. The van der Waals surface area contributed by atoms with Gasteiger partial charge >= 0.3 is 16.4 Å². The number of ether oxygens (including phenoxy) is 4. The molecule has 466 valence electrons. The van der Waals surface area contributed by atoms with Crippen molar-refractivity contribution in [2.45, 2.75) is 178 Å². The number of fused-ring (bicyclic) bond motifs is 4. The normalized spacial score (nSPS) is 27.6. The second-order valence-electron chi connectivity index (χ2n) is 25.6. The molecule has 4 aromatic carbocycles. The minimum absolute atomic E-state index is 0.0389.